The molecule has 2 atom stereocenters. The van der Waals surface area contributed by atoms with Crippen LogP contribution in [0.1, 0.15) is 62.3 Å². The van der Waals surface area contributed by atoms with E-state index in [0.717, 1.165) is 42.2 Å². The van der Waals surface area contributed by atoms with Gasteiger partial charge in [-0.05, 0) is 25.3 Å². The maximum atomic E-state index is 13.1. The molecule has 1 aromatic heterocycles. The lowest BCUT2D eigenvalue weighted by Gasteiger charge is -2.35. The highest BCUT2D eigenvalue weighted by atomic mass is 16.5. The van der Waals surface area contributed by atoms with Gasteiger partial charge in [0.1, 0.15) is 12.0 Å². The maximum Gasteiger partial charge on any atom is 0.333 e. The van der Waals surface area contributed by atoms with E-state index in [1.54, 1.807) is 11.5 Å². The van der Waals surface area contributed by atoms with E-state index in [1.807, 2.05) is 30.3 Å². The van der Waals surface area contributed by atoms with Gasteiger partial charge in [-0.25, -0.2) is 4.79 Å². The minimum absolute atomic E-state index is 0.00219. The summed E-state index contributed by atoms with van der Waals surface area (Å²) in [5.74, 6) is -0.719. The fourth-order valence-electron chi connectivity index (χ4n) is 4.67. The highest BCUT2D eigenvalue weighted by Crippen LogP contribution is 2.40. The van der Waals surface area contributed by atoms with Crippen LogP contribution in [-0.4, -0.2) is 21.7 Å². The molecule has 0 unspecified atom stereocenters. The van der Waals surface area contributed by atoms with Crippen molar-refractivity contribution in [3.8, 4) is 5.88 Å². The van der Waals surface area contributed by atoms with Crippen LogP contribution in [0.4, 0.5) is 0 Å². The van der Waals surface area contributed by atoms with Gasteiger partial charge < -0.3 is 9.47 Å². The van der Waals surface area contributed by atoms with E-state index in [2.05, 4.69) is 0 Å². The molecule has 4 rings (SSSR count). The van der Waals surface area contributed by atoms with Crippen LogP contribution in [0.2, 0.25) is 0 Å². The molecule has 1 fully saturated rings. The van der Waals surface area contributed by atoms with Crippen molar-refractivity contribution in [1.29, 1.82) is 0 Å². The minimum atomic E-state index is -0.648. The molecular weight excluding hydrogens is 384 g/mol. The molecule has 160 valence electrons. The Labute approximate surface area is 175 Å². The van der Waals surface area contributed by atoms with E-state index in [0.29, 0.717) is 11.4 Å². The van der Waals surface area contributed by atoms with Crippen molar-refractivity contribution in [3.05, 3.63) is 62.3 Å². The third-order valence-electron chi connectivity index (χ3n) is 6.22. The zero-order valence-electron chi connectivity index (χ0n) is 17.5. The minimum Gasteiger partial charge on any atom is -0.469 e. The molecule has 30 heavy (non-hydrogen) atoms. The second kappa shape index (κ2) is 8.50. The third-order valence-corrected chi connectivity index (χ3v) is 6.22. The number of hydrogen-bond donors (Lipinski definition) is 0. The van der Waals surface area contributed by atoms with Crippen LogP contribution in [0.25, 0.3) is 0 Å². The molecule has 1 saturated carbocycles. The topological polar surface area (TPSA) is 79.5 Å². The molecule has 0 saturated heterocycles. The molecule has 1 aliphatic heterocycles. The summed E-state index contributed by atoms with van der Waals surface area (Å²) in [6, 6.07) is 9.46. The zero-order valence-corrected chi connectivity index (χ0v) is 17.5. The molecule has 2 heterocycles. The summed E-state index contributed by atoms with van der Waals surface area (Å²) in [4.78, 5) is 38.8. The molecule has 0 N–H and O–H groups in total. The molecule has 0 amide bonds. The number of ether oxygens (including phenoxy) is 2. The predicted octanol–water partition coefficient (Wildman–Crippen LogP) is 2.91. The number of carbonyl (C=O) groups is 1. The Hall–Kier alpha value is -2.83. The highest BCUT2D eigenvalue weighted by molar-refractivity contribution is 5.74. The molecule has 1 aromatic carbocycles. The van der Waals surface area contributed by atoms with E-state index in [4.69, 9.17) is 9.47 Å². The van der Waals surface area contributed by atoms with Crippen LogP contribution in [0.15, 0.2) is 39.9 Å². The highest BCUT2D eigenvalue weighted by Gasteiger charge is 2.41. The van der Waals surface area contributed by atoms with Gasteiger partial charge in [-0.15, -0.1) is 0 Å². The van der Waals surface area contributed by atoms with Gasteiger partial charge in [0.15, 0.2) is 0 Å². The van der Waals surface area contributed by atoms with Gasteiger partial charge in [0, 0.05) is 19.5 Å². The largest absolute Gasteiger partial charge is 0.469 e. The average molecular weight is 412 g/mol. The van der Waals surface area contributed by atoms with Crippen LogP contribution >= 0.6 is 0 Å². The number of nitrogens with zero attached hydrogens (tertiary/aromatic N) is 2. The fourth-order valence-corrected chi connectivity index (χ4v) is 4.67. The molecule has 0 bridgehead atoms. The monoisotopic (exact) mass is 412 g/mol. The molecule has 0 radical (unpaired) electrons. The van der Waals surface area contributed by atoms with Gasteiger partial charge >= 0.3 is 11.7 Å². The van der Waals surface area contributed by atoms with Crippen molar-refractivity contribution in [3.63, 3.8) is 0 Å². The fraction of sp³-hybridized carbons (Fsp3) is 0.522. The first-order valence-corrected chi connectivity index (χ1v) is 10.8. The summed E-state index contributed by atoms with van der Waals surface area (Å²) in [5, 5.41) is 0. The summed E-state index contributed by atoms with van der Waals surface area (Å²) in [5.41, 5.74) is 0.451. The van der Waals surface area contributed by atoms with Gasteiger partial charge in [0.25, 0.3) is 5.56 Å². The van der Waals surface area contributed by atoms with E-state index in [-0.39, 0.29) is 24.8 Å². The molecule has 1 aliphatic carbocycles. The van der Waals surface area contributed by atoms with E-state index >= 15 is 0 Å². The maximum absolute atomic E-state index is 13.1. The van der Waals surface area contributed by atoms with Gasteiger partial charge in [0.2, 0.25) is 5.88 Å². The van der Waals surface area contributed by atoms with Gasteiger partial charge in [-0.3, -0.25) is 18.7 Å². The van der Waals surface area contributed by atoms with Crippen molar-refractivity contribution in [2.24, 2.45) is 13.0 Å². The summed E-state index contributed by atoms with van der Waals surface area (Å²) < 4.78 is 14.4. The Morgan fingerprint density at radius 1 is 1.13 bits per heavy atom. The standard InChI is InChI=1S/C23H28N2O5/c1-3-29-22(27)17-14-18-20(26)24(2)23(28)25(16-12-8-5-9-13-16)21(18)30-19(17)15-10-6-4-7-11-15/h4,6-7,10-11,16-17,19H,3,5,8-9,12-14H2,1-2H3/t17-,19-/m1/s1. The van der Waals surface area contributed by atoms with Crippen molar-refractivity contribution in [1.82, 2.24) is 9.13 Å². The van der Waals surface area contributed by atoms with E-state index in [9.17, 15) is 14.4 Å². The van der Waals surface area contributed by atoms with Crippen LogP contribution in [0.5, 0.6) is 5.88 Å². The lowest BCUT2D eigenvalue weighted by molar-refractivity contribution is -0.152. The van der Waals surface area contributed by atoms with Gasteiger partial charge in [-0.2, -0.15) is 0 Å². The van der Waals surface area contributed by atoms with Gasteiger partial charge in [0.05, 0.1) is 12.2 Å². The quantitative estimate of drug-likeness (QED) is 0.722. The van der Waals surface area contributed by atoms with Crippen molar-refractivity contribution in [2.75, 3.05) is 6.61 Å². The summed E-state index contributed by atoms with van der Waals surface area (Å²) in [6.45, 7) is 2.01. The molecule has 0 spiro atoms. The first-order valence-electron chi connectivity index (χ1n) is 10.8. The Bertz CT molecular complexity index is 1030. The lowest BCUT2D eigenvalue weighted by Crippen LogP contribution is -2.46. The number of fused-ring (bicyclic) bond motifs is 1. The van der Waals surface area contributed by atoms with Crippen LogP contribution in [0.3, 0.4) is 0 Å². The first kappa shape index (κ1) is 20.4. The Balaban J connectivity index is 1.87. The molecule has 2 aliphatic rings. The van der Waals surface area contributed by atoms with Crippen LogP contribution in [0, 0.1) is 5.92 Å². The van der Waals surface area contributed by atoms with Crippen molar-refractivity contribution in [2.45, 2.75) is 57.6 Å². The first-order chi connectivity index (χ1) is 14.5. The Morgan fingerprint density at radius 2 is 1.83 bits per heavy atom. The number of esters is 1. The average Bonchev–Trinajstić information content (AvgIpc) is 2.78. The molecular formula is C23H28N2O5. The number of rotatable bonds is 4. The predicted molar refractivity (Wildman–Crippen MR) is 112 cm³/mol. The smallest absolute Gasteiger partial charge is 0.333 e. The molecule has 2 aromatic rings. The number of hydrogen-bond acceptors (Lipinski definition) is 5. The lowest BCUT2D eigenvalue weighted by atomic mass is 9.87. The van der Waals surface area contributed by atoms with E-state index < -0.39 is 23.6 Å². The molecule has 7 heteroatoms. The normalized spacial score (nSPS) is 21.5. The summed E-state index contributed by atoms with van der Waals surface area (Å²) in [6.07, 6.45) is 4.57. The van der Waals surface area contributed by atoms with E-state index in [1.165, 1.54) is 7.05 Å². The number of carbonyl (C=O) groups excluding carboxylic acids is 1. The van der Waals surface area contributed by atoms with Crippen LogP contribution in [-0.2, 0) is 23.0 Å². The zero-order chi connectivity index (χ0) is 21.3. The van der Waals surface area contributed by atoms with Crippen molar-refractivity contribution < 1.29 is 14.3 Å². The summed E-state index contributed by atoms with van der Waals surface area (Å²) in [7, 11) is 1.49. The second-order valence-corrected chi connectivity index (χ2v) is 8.10. The number of benzene rings is 1. The second-order valence-electron chi connectivity index (χ2n) is 8.10. The Kier molecular flexibility index (Phi) is 5.79. The van der Waals surface area contributed by atoms with Crippen LogP contribution < -0.4 is 16.0 Å². The third kappa shape index (κ3) is 3.57. The van der Waals surface area contributed by atoms with Gasteiger partial charge in [-0.1, -0.05) is 49.6 Å². The SMILES string of the molecule is CCOC(=O)[C@@H]1Cc2c(n(C3CCCCC3)c(=O)n(C)c2=O)O[C@@H]1c1ccccc1. The van der Waals surface area contributed by atoms with Crippen molar-refractivity contribution >= 4 is 5.97 Å². The number of aromatic nitrogens is 2. The molecule has 7 nitrogen and oxygen atoms in total. The summed E-state index contributed by atoms with van der Waals surface area (Å²) >= 11 is 0. The Morgan fingerprint density at radius 3 is 2.50 bits per heavy atom.